The highest BCUT2D eigenvalue weighted by Crippen LogP contribution is 2.32. The molecule has 1 atom stereocenters. The van der Waals surface area contributed by atoms with Crippen LogP contribution >= 0.6 is 0 Å². The van der Waals surface area contributed by atoms with Gasteiger partial charge in [-0.3, -0.25) is 0 Å². The van der Waals surface area contributed by atoms with E-state index in [-0.39, 0.29) is 0 Å². The van der Waals surface area contributed by atoms with Crippen molar-refractivity contribution in [2.45, 2.75) is 59.4 Å². The molecule has 0 fully saturated rings. The number of ether oxygens (including phenoxy) is 1. The van der Waals surface area contributed by atoms with Crippen molar-refractivity contribution in [3.8, 4) is 5.75 Å². The summed E-state index contributed by atoms with van der Waals surface area (Å²) < 4.78 is 5.32. The van der Waals surface area contributed by atoms with E-state index in [2.05, 4.69) is 51.2 Å². The van der Waals surface area contributed by atoms with E-state index < -0.39 is 0 Å². The summed E-state index contributed by atoms with van der Waals surface area (Å²) in [5.74, 6) is 1.67. The summed E-state index contributed by atoms with van der Waals surface area (Å²) in [5, 5.41) is 3.71. The Kier molecular flexibility index (Phi) is 7.68. The van der Waals surface area contributed by atoms with Gasteiger partial charge in [0.15, 0.2) is 0 Å². The van der Waals surface area contributed by atoms with Crippen molar-refractivity contribution in [1.82, 2.24) is 5.32 Å². The highest BCUT2D eigenvalue weighted by molar-refractivity contribution is 5.37. The summed E-state index contributed by atoms with van der Waals surface area (Å²) in [6.45, 7) is 9.97. The number of hydrogen-bond acceptors (Lipinski definition) is 2. The van der Waals surface area contributed by atoms with Crippen LogP contribution in [0, 0.1) is 12.8 Å². The van der Waals surface area contributed by atoms with Crippen molar-refractivity contribution in [3.63, 3.8) is 0 Å². The largest absolute Gasteiger partial charge is 0.497 e. The van der Waals surface area contributed by atoms with Gasteiger partial charge in [-0.05, 0) is 55.5 Å². The molecule has 1 aromatic rings. The topological polar surface area (TPSA) is 21.3 Å². The molecule has 0 bridgehead atoms. The Balaban J connectivity index is 3.04. The predicted octanol–water partition coefficient (Wildman–Crippen LogP) is 4.87. The van der Waals surface area contributed by atoms with Crippen LogP contribution in [0.15, 0.2) is 18.2 Å². The number of benzene rings is 1. The number of nitrogens with one attached hydrogen (secondary N) is 1. The second kappa shape index (κ2) is 9.02. The molecule has 114 valence electrons. The van der Waals surface area contributed by atoms with Gasteiger partial charge in [-0.15, -0.1) is 0 Å². The third-order valence-corrected chi connectivity index (χ3v) is 4.03. The van der Waals surface area contributed by atoms with Crippen LogP contribution in [0.1, 0.15) is 63.6 Å². The van der Waals surface area contributed by atoms with Gasteiger partial charge in [0.1, 0.15) is 5.75 Å². The zero-order valence-electron chi connectivity index (χ0n) is 13.8. The van der Waals surface area contributed by atoms with Gasteiger partial charge in [0.25, 0.3) is 0 Å². The van der Waals surface area contributed by atoms with Gasteiger partial charge in [-0.25, -0.2) is 0 Å². The molecule has 1 aromatic carbocycles. The number of methoxy groups -OCH3 is 1. The highest BCUT2D eigenvalue weighted by atomic mass is 16.5. The standard InChI is InChI=1S/C18H31NO/c1-6-9-15(10-7-2)18(19-8-3)17-12-11-16(20-5)13-14(17)4/h11-13,15,18-19H,6-10H2,1-5H3. The van der Waals surface area contributed by atoms with E-state index >= 15 is 0 Å². The lowest BCUT2D eigenvalue weighted by Crippen LogP contribution is -2.29. The van der Waals surface area contributed by atoms with Crippen LogP contribution in [0.4, 0.5) is 0 Å². The van der Waals surface area contributed by atoms with E-state index in [1.807, 2.05) is 0 Å². The van der Waals surface area contributed by atoms with Crippen LogP contribution in [0.3, 0.4) is 0 Å². The molecule has 0 aromatic heterocycles. The fourth-order valence-corrected chi connectivity index (χ4v) is 3.09. The van der Waals surface area contributed by atoms with Crippen molar-refractivity contribution in [3.05, 3.63) is 29.3 Å². The molecule has 0 heterocycles. The molecule has 0 saturated heterocycles. The molecule has 1 rings (SSSR count). The lowest BCUT2D eigenvalue weighted by atomic mass is 9.84. The third-order valence-electron chi connectivity index (χ3n) is 4.03. The van der Waals surface area contributed by atoms with Gasteiger partial charge in [-0.1, -0.05) is 39.7 Å². The predicted molar refractivity (Wildman–Crippen MR) is 87.5 cm³/mol. The highest BCUT2D eigenvalue weighted by Gasteiger charge is 2.22. The molecule has 2 nitrogen and oxygen atoms in total. The molecule has 0 spiro atoms. The maximum Gasteiger partial charge on any atom is 0.119 e. The summed E-state index contributed by atoms with van der Waals surface area (Å²) in [4.78, 5) is 0. The summed E-state index contributed by atoms with van der Waals surface area (Å²) in [6, 6.07) is 6.93. The molecular weight excluding hydrogens is 246 g/mol. The number of hydrogen-bond donors (Lipinski definition) is 1. The molecule has 0 aliphatic heterocycles. The maximum atomic E-state index is 5.32. The Hall–Kier alpha value is -1.02. The van der Waals surface area contributed by atoms with E-state index in [9.17, 15) is 0 Å². The van der Waals surface area contributed by atoms with Crippen LogP contribution in [-0.2, 0) is 0 Å². The Morgan fingerprint density at radius 3 is 2.20 bits per heavy atom. The summed E-state index contributed by atoms with van der Waals surface area (Å²) in [5.41, 5.74) is 2.76. The van der Waals surface area contributed by atoms with E-state index in [1.54, 1.807) is 7.11 Å². The first-order valence-corrected chi connectivity index (χ1v) is 8.05. The Morgan fingerprint density at radius 2 is 1.75 bits per heavy atom. The minimum atomic E-state index is 0.464. The van der Waals surface area contributed by atoms with Crippen molar-refractivity contribution in [1.29, 1.82) is 0 Å². The fourth-order valence-electron chi connectivity index (χ4n) is 3.09. The van der Waals surface area contributed by atoms with E-state index in [0.717, 1.165) is 18.2 Å². The number of aryl methyl sites for hydroxylation is 1. The number of rotatable bonds is 9. The quantitative estimate of drug-likeness (QED) is 0.695. The molecule has 1 unspecified atom stereocenters. The van der Waals surface area contributed by atoms with Gasteiger partial charge in [-0.2, -0.15) is 0 Å². The molecule has 0 aliphatic carbocycles. The van der Waals surface area contributed by atoms with Crippen molar-refractivity contribution in [2.24, 2.45) is 5.92 Å². The molecule has 0 amide bonds. The average molecular weight is 277 g/mol. The van der Waals surface area contributed by atoms with Crippen molar-refractivity contribution < 1.29 is 4.74 Å². The van der Waals surface area contributed by atoms with Gasteiger partial charge in [0.2, 0.25) is 0 Å². The Morgan fingerprint density at radius 1 is 1.10 bits per heavy atom. The molecule has 0 saturated carbocycles. The fraction of sp³-hybridized carbons (Fsp3) is 0.667. The zero-order chi connectivity index (χ0) is 15.0. The molecule has 1 N–H and O–H groups in total. The lowest BCUT2D eigenvalue weighted by Gasteiger charge is -2.29. The Bertz CT molecular complexity index is 383. The molecule has 2 heteroatoms. The van der Waals surface area contributed by atoms with Gasteiger partial charge in [0.05, 0.1) is 7.11 Å². The SMILES string of the molecule is CCCC(CCC)C(NCC)c1ccc(OC)cc1C. The zero-order valence-corrected chi connectivity index (χ0v) is 13.8. The second-order valence-electron chi connectivity index (χ2n) is 5.60. The van der Waals surface area contributed by atoms with Crippen LogP contribution in [0.2, 0.25) is 0 Å². The average Bonchev–Trinajstić information content (AvgIpc) is 2.45. The monoisotopic (exact) mass is 277 g/mol. The van der Waals surface area contributed by atoms with Gasteiger partial charge < -0.3 is 10.1 Å². The van der Waals surface area contributed by atoms with Crippen molar-refractivity contribution in [2.75, 3.05) is 13.7 Å². The summed E-state index contributed by atoms with van der Waals surface area (Å²) >= 11 is 0. The lowest BCUT2D eigenvalue weighted by molar-refractivity contribution is 0.319. The molecule has 0 radical (unpaired) electrons. The van der Waals surface area contributed by atoms with Crippen LogP contribution in [0.25, 0.3) is 0 Å². The summed E-state index contributed by atoms with van der Waals surface area (Å²) in [6.07, 6.45) is 5.08. The van der Waals surface area contributed by atoms with E-state index in [0.29, 0.717) is 6.04 Å². The normalized spacial score (nSPS) is 12.7. The molecule has 0 aliphatic rings. The first kappa shape index (κ1) is 17.0. The maximum absolute atomic E-state index is 5.32. The minimum Gasteiger partial charge on any atom is -0.497 e. The summed E-state index contributed by atoms with van der Waals surface area (Å²) in [7, 11) is 1.73. The molecule has 20 heavy (non-hydrogen) atoms. The third kappa shape index (κ3) is 4.52. The van der Waals surface area contributed by atoms with E-state index in [1.165, 1.54) is 36.8 Å². The van der Waals surface area contributed by atoms with Crippen LogP contribution in [0.5, 0.6) is 5.75 Å². The van der Waals surface area contributed by atoms with Crippen LogP contribution in [-0.4, -0.2) is 13.7 Å². The first-order valence-electron chi connectivity index (χ1n) is 8.05. The molecular formula is C18H31NO. The second-order valence-corrected chi connectivity index (χ2v) is 5.60. The Labute approximate surface area is 124 Å². The van der Waals surface area contributed by atoms with Crippen molar-refractivity contribution >= 4 is 0 Å². The minimum absolute atomic E-state index is 0.464. The van der Waals surface area contributed by atoms with Gasteiger partial charge >= 0.3 is 0 Å². The van der Waals surface area contributed by atoms with Crippen LogP contribution < -0.4 is 10.1 Å². The van der Waals surface area contributed by atoms with E-state index in [4.69, 9.17) is 4.74 Å². The first-order chi connectivity index (χ1) is 9.67. The smallest absolute Gasteiger partial charge is 0.119 e. The van der Waals surface area contributed by atoms with Gasteiger partial charge in [0, 0.05) is 6.04 Å².